The number of rotatable bonds is 8. The highest BCUT2D eigenvalue weighted by Gasteiger charge is 2.24. The van der Waals surface area contributed by atoms with Gasteiger partial charge in [-0.2, -0.15) is 0 Å². The van der Waals surface area contributed by atoms with Crippen LogP contribution in [0.5, 0.6) is 5.75 Å². The van der Waals surface area contributed by atoms with Crippen LogP contribution in [-0.2, 0) is 6.54 Å². The average Bonchev–Trinajstić information content (AvgIpc) is 3.23. The van der Waals surface area contributed by atoms with Gasteiger partial charge in [-0.15, -0.1) is 0 Å². The van der Waals surface area contributed by atoms with Gasteiger partial charge in [-0.05, 0) is 57.4 Å². The van der Waals surface area contributed by atoms with Crippen molar-refractivity contribution in [1.82, 2.24) is 4.90 Å². The highest BCUT2D eigenvalue weighted by molar-refractivity contribution is 5.94. The zero-order valence-corrected chi connectivity index (χ0v) is 12.8. The van der Waals surface area contributed by atoms with Crippen LogP contribution in [0.4, 0.5) is 0 Å². The highest BCUT2D eigenvalue weighted by Crippen LogP contribution is 2.31. The molecule has 1 aliphatic carbocycles. The Kier molecular flexibility index (Phi) is 5.18. The van der Waals surface area contributed by atoms with E-state index in [0.29, 0.717) is 6.61 Å². The minimum absolute atomic E-state index is 0.111. The standard InChI is InChI=1S/C17H25NO2/c1-4-18(11-14-6-7-14)12-16-10-15(13(3)19)8-9-17(16)20-5-2/h8-10,14H,4-7,11-12H2,1-3H3. The van der Waals surface area contributed by atoms with Crippen molar-refractivity contribution >= 4 is 5.78 Å². The second kappa shape index (κ2) is 6.89. The third kappa shape index (κ3) is 4.07. The summed E-state index contributed by atoms with van der Waals surface area (Å²) in [5, 5.41) is 0. The van der Waals surface area contributed by atoms with E-state index in [1.165, 1.54) is 12.8 Å². The summed E-state index contributed by atoms with van der Waals surface area (Å²) < 4.78 is 5.70. The molecule has 0 atom stereocenters. The van der Waals surface area contributed by atoms with Gasteiger partial charge in [0.25, 0.3) is 0 Å². The third-order valence-corrected chi connectivity index (χ3v) is 3.82. The van der Waals surface area contributed by atoms with E-state index in [9.17, 15) is 4.79 Å². The number of nitrogens with zero attached hydrogens (tertiary/aromatic N) is 1. The van der Waals surface area contributed by atoms with E-state index in [1.54, 1.807) is 6.92 Å². The normalized spacial score (nSPS) is 14.6. The molecule has 0 saturated heterocycles. The van der Waals surface area contributed by atoms with Gasteiger partial charge in [0.05, 0.1) is 6.61 Å². The number of hydrogen-bond donors (Lipinski definition) is 0. The largest absolute Gasteiger partial charge is 0.494 e. The molecule has 0 aromatic heterocycles. The van der Waals surface area contributed by atoms with Crippen molar-refractivity contribution in [2.24, 2.45) is 5.92 Å². The number of Topliss-reactive ketones (excluding diaryl/α,β-unsaturated/α-hetero) is 1. The first kappa shape index (κ1) is 15.0. The molecule has 0 N–H and O–H groups in total. The van der Waals surface area contributed by atoms with Crippen molar-refractivity contribution in [3.63, 3.8) is 0 Å². The summed E-state index contributed by atoms with van der Waals surface area (Å²) >= 11 is 0. The molecule has 1 saturated carbocycles. The predicted molar refractivity (Wildman–Crippen MR) is 81.3 cm³/mol. The fourth-order valence-electron chi connectivity index (χ4n) is 2.43. The summed E-state index contributed by atoms with van der Waals surface area (Å²) in [6, 6.07) is 5.78. The van der Waals surface area contributed by atoms with Crippen molar-refractivity contribution in [2.45, 2.75) is 40.2 Å². The third-order valence-electron chi connectivity index (χ3n) is 3.82. The van der Waals surface area contributed by atoms with Crippen molar-refractivity contribution in [3.05, 3.63) is 29.3 Å². The minimum atomic E-state index is 0.111. The fourth-order valence-corrected chi connectivity index (χ4v) is 2.43. The van der Waals surface area contributed by atoms with Crippen LogP contribution >= 0.6 is 0 Å². The summed E-state index contributed by atoms with van der Waals surface area (Å²) in [4.78, 5) is 14.0. The molecule has 1 aliphatic rings. The van der Waals surface area contributed by atoms with Gasteiger partial charge >= 0.3 is 0 Å². The topological polar surface area (TPSA) is 29.5 Å². The van der Waals surface area contributed by atoms with Crippen LogP contribution < -0.4 is 4.74 Å². The van der Waals surface area contributed by atoms with Crippen LogP contribution in [0, 0.1) is 5.92 Å². The molecule has 3 heteroatoms. The molecule has 0 unspecified atom stereocenters. The molecule has 1 aromatic carbocycles. The summed E-state index contributed by atoms with van der Waals surface area (Å²) in [6.07, 6.45) is 2.73. The Morgan fingerprint density at radius 1 is 1.35 bits per heavy atom. The molecule has 0 aliphatic heterocycles. The molecule has 1 fully saturated rings. The summed E-state index contributed by atoms with van der Waals surface area (Å²) in [5.41, 5.74) is 1.90. The highest BCUT2D eigenvalue weighted by atomic mass is 16.5. The van der Waals surface area contributed by atoms with E-state index in [1.807, 2.05) is 25.1 Å². The Morgan fingerprint density at radius 3 is 2.65 bits per heavy atom. The first-order valence-electron chi connectivity index (χ1n) is 7.63. The van der Waals surface area contributed by atoms with Crippen LogP contribution in [0.1, 0.15) is 49.5 Å². The van der Waals surface area contributed by atoms with Crippen molar-refractivity contribution in [3.8, 4) is 5.75 Å². The minimum Gasteiger partial charge on any atom is -0.494 e. The number of hydrogen-bond acceptors (Lipinski definition) is 3. The summed E-state index contributed by atoms with van der Waals surface area (Å²) in [5.74, 6) is 1.90. The molecule has 0 radical (unpaired) electrons. The van der Waals surface area contributed by atoms with Crippen molar-refractivity contribution < 1.29 is 9.53 Å². The molecule has 20 heavy (non-hydrogen) atoms. The lowest BCUT2D eigenvalue weighted by atomic mass is 10.1. The second-order valence-electron chi connectivity index (χ2n) is 5.58. The van der Waals surface area contributed by atoms with Crippen molar-refractivity contribution in [2.75, 3.05) is 19.7 Å². The zero-order chi connectivity index (χ0) is 14.5. The van der Waals surface area contributed by atoms with E-state index in [-0.39, 0.29) is 5.78 Å². The van der Waals surface area contributed by atoms with Crippen LogP contribution in [0.3, 0.4) is 0 Å². The molecule has 0 bridgehead atoms. The fraction of sp³-hybridized carbons (Fsp3) is 0.588. The molecule has 0 heterocycles. The number of ether oxygens (including phenoxy) is 1. The van der Waals surface area contributed by atoms with Gasteiger partial charge in [0.2, 0.25) is 0 Å². The predicted octanol–water partition coefficient (Wildman–Crippen LogP) is 3.52. The Hall–Kier alpha value is -1.35. The van der Waals surface area contributed by atoms with Crippen LogP contribution in [0.25, 0.3) is 0 Å². The first-order valence-corrected chi connectivity index (χ1v) is 7.63. The Labute approximate surface area is 121 Å². The monoisotopic (exact) mass is 275 g/mol. The van der Waals surface area contributed by atoms with Gasteiger partial charge in [0.15, 0.2) is 5.78 Å². The molecular formula is C17H25NO2. The van der Waals surface area contributed by atoms with Gasteiger partial charge in [0.1, 0.15) is 5.75 Å². The lowest BCUT2D eigenvalue weighted by Gasteiger charge is -2.22. The number of carbonyl (C=O) groups excluding carboxylic acids is 1. The summed E-state index contributed by atoms with van der Waals surface area (Å²) in [6.45, 7) is 9.51. The quantitative estimate of drug-likeness (QED) is 0.680. The SMILES string of the molecule is CCOc1ccc(C(C)=O)cc1CN(CC)CC1CC1. The van der Waals surface area contributed by atoms with Gasteiger partial charge in [0, 0.05) is 24.2 Å². The molecular weight excluding hydrogens is 250 g/mol. The summed E-state index contributed by atoms with van der Waals surface area (Å²) in [7, 11) is 0. The van der Waals surface area contributed by atoms with E-state index in [4.69, 9.17) is 4.74 Å². The average molecular weight is 275 g/mol. The number of carbonyl (C=O) groups is 1. The van der Waals surface area contributed by atoms with E-state index in [0.717, 1.165) is 42.4 Å². The lowest BCUT2D eigenvalue weighted by Crippen LogP contribution is -2.25. The number of ketones is 1. The van der Waals surface area contributed by atoms with Crippen LogP contribution in [0.15, 0.2) is 18.2 Å². The first-order chi connectivity index (χ1) is 9.63. The molecule has 0 spiro atoms. The molecule has 1 aromatic rings. The van der Waals surface area contributed by atoms with Gasteiger partial charge < -0.3 is 4.74 Å². The van der Waals surface area contributed by atoms with E-state index < -0.39 is 0 Å². The molecule has 2 rings (SSSR count). The Bertz CT molecular complexity index is 466. The van der Waals surface area contributed by atoms with Gasteiger partial charge in [-0.1, -0.05) is 6.92 Å². The maximum Gasteiger partial charge on any atom is 0.159 e. The molecule has 0 amide bonds. The second-order valence-corrected chi connectivity index (χ2v) is 5.58. The maximum absolute atomic E-state index is 11.6. The maximum atomic E-state index is 11.6. The molecule has 3 nitrogen and oxygen atoms in total. The smallest absolute Gasteiger partial charge is 0.159 e. The number of benzene rings is 1. The van der Waals surface area contributed by atoms with Crippen LogP contribution in [-0.4, -0.2) is 30.4 Å². The van der Waals surface area contributed by atoms with E-state index in [2.05, 4.69) is 11.8 Å². The zero-order valence-electron chi connectivity index (χ0n) is 12.8. The van der Waals surface area contributed by atoms with Crippen LogP contribution in [0.2, 0.25) is 0 Å². The lowest BCUT2D eigenvalue weighted by molar-refractivity contribution is 0.101. The van der Waals surface area contributed by atoms with Crippen molar-refractivity contribution in [1.29, 1.82) is 0 Å². The van der Waals surface area contributed by atoms with Gasteiger partial charge in [-0.3, -0.25) is 9.69 Å². The van der Waals surface area contributed by atoms with Gasteiger partial charge in [-0.25, -0.2) is 0 Å². The Balaban J connectivity index is 2.16. The Morgan fingerprint density at radius 2 is 2.10 bits per heavy atom. The molecule has 110 valence electrons. The van der Waals surface area contributed by atoms with E-state index >= 15 is 0 Å².